The van der Waals surface area contributed by atoms with Crippen molar-refractivity contribution in [2.45, 2.75) is 19.8 Å². The molecule has 1 saturated carbocycles. The molecule has 0 radical (unpaired) electrons. The summed E-state index contributed by atoms with van der Waals surface area (Å²) in [6.07, 6.45) is 4.33. The van der Waals surface area contributed by atoms with Crippen LogP contribution >= 0.6 is 11.3 Å². The minimum absolute atomic E-state index is 0.0181. The van der Waals surface area contributed by atoms with E-state index in [1.54, 1.807) is 10.6 Å². The maximum Gasteiger partial charge on any atom is 0.266 e. The van der Waals surface area contributed by atoms with Gasteiger partial charge in [0.05, 0.1) is 17.9 Å². The molecule has 0 amide bonds. The fraction of sp³-hybridized carbons (Fsp3) is 0.294. The average Bonchev–Trinajstić information content (AvgIpc) is 3.23. The van der Waals surface area contributed by atoms with Gasteiger partial charge in [0.2, 0.25) is 0 Å². The summed E-state index contributed by atoms with van der Waals surface area (Å²) in [5.41, 5.74) is 2.29. The summed E-state index contributed by atoms with van der Waals surface area (Å²) in [5, 5.41) is 1.88. The van der Waals surface area contributed by atoms with Crippen molar-refractivity contribution in [3.63, 3.8) is 0 Å². The lowest BCUT2D eigenvalue weighted by Gasteiger charge is -2.08. The number of fused-ring (bicyclic) bond motifs is 1. The van der Waals surface area contributed by atoms with E-state index in [2.05, 4.69) is 4.98 Å². The van der Waals surface area contributed by atoms with Crippen LogP contribution in [0.1, 0.15) is 18.5 Å². The van der Waals surface area contributed by atoms with E-state index in [1.165, 1.54) is 24.2 Å². The van der Waals surface area contributed by atoms with Crippen molar-refractivity contribution in [1.29, 1.82) is 0 Å². The van der Waals surface area contributed by atoms with Gasteiger partial charge in [-0.3, -0.25) is 9.20 Å². The molecular formula is C17H16N2O2S. The van der Waals surface area contributed by atoms with Crippen molar-refractivity contribution in [3.05, 3.63) is 51.9 Å². The third-order valence-corrected chi connectivity index (χ3v) is 4.73. The van der Waals surface area contributed by atoms with Crippen LogP contribution in [0.25, 0.3) is 16.1 Å². The molecule has 0 aliphatic heterocycles. The normalized spacial score (nSPS) is 14.4. The fourth-order valence-corrected chi connectivity index (χ4v) is 3.28. The van der Waals surface area contributed by atoms with Gasteiger partial charge in [-0.1, -0.05) is 12.1 Å². The Morgan fingerprint density at radius 3 is 2.82 bits per heavy atom. The predicted octanol–water partition coefficient (Wildman–Crippen LogP) is 3.52. The van der Waals surface area contributed by atoms with E-state index in [-0.39, 0.29) is 5.56 Å². The van der Waals surface area contributed by atoms with E-state index in [0.29, 0.717) is 5.56 Å². The maximum absolute atomic E-state index is 12.6. The zero-order chi connectivity index (χ0) is 15.1. The van der Waals surface area contributed by atoms with E-state index in [0.717, 1.165) is 34.5 Å². The smallest absolute Gasteiger partial charge is 0.266 e. The summed E-state index contributed by atoms with van der Waals surface area (Å²) >= 11 is 1.47. The van der Waals surface area contributed by atoms with Gasteiger partial charge in [-0.05, 0) is 43.4 Å². The Balaban J connectivity index is 1.70. The summed E-state index contributed by atoms with van der Waals surface area (Å²) < 4.78 is 7.34. The lowest BCUT2D eigenvalue weighted by atomic mass is 10.1. The molecule has 1 aliphatic carbocycles. The summed E-state index contributed by atoms with van der Waals surface area (Å²) in [7, 11) is 0. The molecule has 0 unspecified atom stereocenters. The number of hydrogen-bond acceptors (Lipinski definition) is 4. The van der Waals surface area contributed by atoms with E-state index < -0.39 is 0 Å². The monoisotopic (exact) mass is 312 g/mol. The third kappa shape index (κ3) is 2.41. The Morgan fingerprint density at radius 2 is 2.09 bits per heavy atom. The van der Waals surface area contributed by atoms with Gasteiger partial charge < -0.3 is 4.74 Å². The Kier molecular flexibility index (Phi) is 3.22. The molecule has 2 aromatic heterocycles. The minimum atomic E-state index is -0.0181. The van der Waals surface area contributed by atoms with Crippen LogP contribution < -0.4 is 10.3 Å². The van der Waals surface area contributed by atoms with Crippen LogP contribution in [0, 0.1) is 12.8 Å². The lowest BCUT2D eigenvalue weighted by Crippen LogP contribution is -2.16. The van der Waals surface area contributed by atoms with Crippen LogP contribution in [0.3, 0.4) is 0 Å². The first-order valence-electron chi connectivity index (χ1n) is 7.42. The van der Waals surface area contributed by atoms with Crippen LogP contribution in [0.2, 0.25) is 0 Å². The molecule has 1 fully saturated rings. The molecule has 22 heavy (non-hydrogen) atoms. The van der Waals surface area contributed by atoms with Gasteiger partial charge >= 0.3 is 0 Å². The topological polar surface area (TPSA) is 43.6 Å². The second-order valence-electron chi connectivity index (χ2n) is 5.71. The number of benzene rings is 1. The predicted molar refractivity (Wildman–Crippen MR) is 87.7 cm³/mol. The number of hydrogen-bond donors (Lipinski definition) is 0. The molecule has 0 atom stereocenters. The van der Waals surface area contributed by atoms with Crippen molar-refractivity contribution in [2.24, 2.45) is 5.92 Å². The molecule has 112 valence electrons. The quantitative estimate of drug-likeness (QED) is 0.740. The highest BCUT2D eigenvalue weighted by Gasteiger charge is 2.21. The number of aromatic nitrogens is 2. The minimum Gasteiger partial charge on any atom is -0.493 e. The number of rotatable bonds is 4. The van der Waals surface area contributed by atoms with Crippen molar-refractivity contribution >= 4 is 16.3 Å². The van der Waals surface area contributed by atoms with Crippen molar-refractivity contribution < 1.29 is 4.74 Å². The highest BCUT2D eigenvalue weighted by molar-refractivity contribution is 7.15. The van der Waals surface area contributed by atoms with Crippen molar-refractivity contribution in [3.8, 4) is 16.9 Å². The molecule has 4 rings (SSSR count). The number of ether oxygens (including phenoxy) is 1. The van der Waals surface area contributed by atoms with Crippen LogP contribution in [0.15, 0.2) is 40.6 Å². The molecule has 0 N–H and O–H groups in total. The van der Waals surface area contributed by atoms with Gasteiger partial charge in [0.15, 0.2) is 4.96 Å². The molecule has 3 aromatic rings. The van der Waals surface area contributed by atoms with E-state index in [4.69, 9.17) is 4.74 Å². The molecule has 0 saturated heterocycles. The fourth-order valence-electron chi connectivity index (χ4n) is 2.53. The first kappa shape index (κ1) is 13.5. The largest absolute Gasteiger partial charge is 0.493 e. The molecule has 5 heteroatoms. The summed E-state index contributed by atoms with van der Waals surface area (Å²) in [6.45, 7) is 2.68. The zero-order valence-corrected chi connectivity index (χ0v) is 13.1. The number of thiazole rings is 1. The Bertz CT molecular complexity index is 876. The molecule has 1 aliphatic rings. The first-order chi connectivity index (χ1) is 10.7. The Hall–Kier alpha value is -2.14. The molecular weight excluding hydrogens is 296 g/mol. The highest BCUT2D eigenvalue weighted by Crippen LogP contribution is 2.30. The zero-order valence-electron chi connectivity index (χ0n) is 12.3. The van der Waals surface area contributed by atoms with E-state index >= 15 is 0 Å². The van der Waals surface area contributed by atoms with Crippen molar-refractivity contribution in [1.82, 2.24) is 9.38 Å². The molecule has 0 bridgehead atoms. The van der Waals surface area contributed by atoms with Crippen LogP contribution in [-0.4, -0.2) is 16.0 Å². The van der Waals surface area contributed by atoms with Gasteiger partial charge in [-0.2, -0.15) is 0 Å². The van der Waals surface area contributed by atoms with Crippen LogP contribution in [0.5, 0.6) is 5.75 Å². The third-order valence-electron chi connectivity index (χ3n) is 3.97. The SMILES string of the molecule is Cc1nc2sccn2c(=O)c1-c1ccc(OCC2CC2)cc1. The van der Waals surface area contributed by atoms with E-state index in [1.807, 2.05) is 36.6 Å². The van der Waals surface area contributed by atoms with Gasteiger partial charge in [-0.15, -0.1) is 11.3 Å². The van der Waals surface area contributed by atoms with Gasteiger partial charge in [0.1, 0.15) is 5.75 Å². The second-order valence-corrected chi connectivity index (χ2v) is 6.58. The lowest BCUT2D eigenvalue weighted by molar-refractivity contribution is 0.300. The summed E-state index contributed by atoms with van der Waals surface area (Å²) in [6, 6.07) is 7.73. The molecule has 4 nitrogen and oxygen atoms in total. The van der Waals surface area contributed by atoms with Gasteiger partial charge in [0, 0.05) is 11.6 Å². The molecule has 1 aromatic carbocycles. The maximum atomic E-state index is 12.6. The summed E-state index contributed by atoms with van der Waals surface area (Å²) in [4.78, 5) is 17.9. The Morgan fingerprint density at radius 1 is 1.32 bits per heavy atom. The second kappa shape index (κ2) is 5.25. The summed E-state index contributed by atoms with van der Waals surface area (Å²) in [5.74, 6) is 1.59. The van der Waals surface area contributed by atoms with Gasteiger partial charge in [0.25, 0.3) is 5.56 Å². The standard InChI is InChI=1S/C17H16N2O2S/c1-11-15(16(20)19-8-9-22-17(19)18-11)13-4-6-14(7-5-13)21-10-12-2-3-12/h4-9,12H,2-3,10H2,1H3. The van der Waals surface area contributed by atoms with Gasteiger partial charge in [-0.25, -0.2) is 4.98 Å². The number of aryl methyl sites for hydroxylation is 1. The van der Waals surface area contributed by atoms with E-state index in [9.17, 15) is 4.79 Å². The van der Waals surface area contributed by atoms with Crippen molar-refractivity contribution in [2.75, 3.05) is 6.61 Å². The molecule has 0 spiro atoms. The van der Waals surface area contributed by atoms with Crippen LogP contribution in [-0.2, 0) is 0 Å². The average molecular weight is 312 g/mol. The Labute approximate surface area is 132 Å². The van der Waals surface area contributed by atoms with Crippen LogP contribution in [0.4, 0.5) is 0 Å². The highest BCUT2D eigenvalue weighted by atomic mass is 32.1. The number of nitrogens with zero attached hydrogens (tertiary/aromatic N) is 2. The first-order valence-corrected chi connectivity index (χ1v) is 8.30. The molecule has 2 heterocycles.